The number of hydrogen-bond acceptors (Lipinski definition) is 3. The average Bonchev–Trinajstić information content (AvgIpc) is 3.03. The largest absolute Gasteiger partial charge is 0.478 e. The third-order valence-electron chi connectivity index (χ3n) is 4.04. The summed E-state index contributed by atoms with van der Waals surface area (Å²) < 4.78 is 39.9. The summed E-state index contributed by atoms with van der Waals surface area (Å²) in [4.78, 5) is 16.8. The van der Waals surface area contributed by atoms with Gasteiger partial charge in [-0.2, -0.15) is 13.2 Å². The molecule has 2 aromatic carbocycles. The van der Waals surface area contributed by atoms with Gasteiger partial charge in [0.2, 0.25) is 0 Å². The highest BCUT2D eigenvalue weighted by Gasteiger charge is 2.31. The number of aromatic carboxylic acids is 1. The molecule has 0 atom stereocenters. The maximum atomic E-state index is 12.9. The lowest BCUT2D eigenvalue weighted by Crippen LogP contribution is -2.06. The molecule has 0 bridgehead atoms. The van der Waals surface area contributed by atoms with Crippen LogP contribution in [-0.2, 0) is 6.18 Å². The Bertz CT molecular complexity index is 1130. The fraction of sp³-hybridized carbons (Fsp3) is 0.0526. The summed E-state index contributed by atoms with van der Waals surface area (Å²) in [6.07, 6.45) is -4.55. The van der Waals surface area contributed by atoms with Gasteiger partial charge in [-0.3, -0.25) is 0 Å². The van der Waals surface area contributed by atoms with Crippen LogP contribution in [0.4, 0.5) is 13.2 Å². The SMILES string of the molecule is O=C(O)c1cc(-c2cc3ccccc3s2)nc2ccc(C(F)(F)F)cc12. The Morgan fingerprint density at radius 3 is 2.50 bits per heavy atom. The van der Waals surface area contributed by atoms with E-state index in [0.29, 0.717) is 5.69 Å². The van der Waals surface area contributed by atoms with Crippen molar-refractivity contribution in [3.8, 4) is 10.6 Å². The van der Waals surface area contributed by atoms with Gasteiger partial charge in [-0.25, -0.2) is 9.78 Å². The van der Waals surface area contributed by atoms with E-state index in [0.717, 1.165) is 27.1 Å². The zero-order valence-corrected chi connectivity index (χ0v) is 13.9. The quantitative estimate of drug-likeness (QED) is 0.481. The number of carboxylic acids is 1. The fourth-order valence-electron chi connectivity index (χ4n) is 2.81. The number of fused-ring (bicyclic) bond motifs is 2. The molecule has 4 aromatic rings. The van der Waals surface area contributed by atoms with Gasteiger partial charge < -0.3 is 5.11 Å². The van der Waals surface area contributed by atoms with Crippen molar-refractivity contribution in [1.82, 2.24) is 4.98 Å². The number of halogens is 3. The van der Waals surface area contributed by atoms with Gasteiger partial charge in [0.25, 0.3) is 0 Å². The topological polar surface area (TPSA) is 50.2 Å². The number of carboxylic acid groups (broad SMARTS) is 1. The van der Waals surface area contributed by atoms with Gasteiger partial charge in [-0.15, -0.1) is 11.3 Å². The smallest absolute Gasteiger partial charge is 0.416 e. The van der Waals surface area contributed by atoms with Crippen LogP contribution in [0.3, 0.4) is 0 Å². The molecule has 0 aliphatic carbocycles. The van der Waals surface area contributed by atoms with Gasteiger partial charge in [0.15, 0.2) is 0 Å². The number of aromatic nitrogens is 1. The van der Waals surface area contributed by atoms with Gasteiger partial charge in [0, 0.05) is 10.1 Å². The fourth-order valence-corrected chi connectivity index (χ4v) is 3.84. The number of pyridine rings is 1. The molecule has 0 radical (unpaired) electrons. The second-order valence-electron chi connectivity index (χ2n) is 5.74. The van der Waals surface area contributed by atoms with Crippen molar-refractivity contribution < 1.29 is 23.1 Å². The lowest BCUT2D eigenvalue weighted by atomic mass is 10.0. The van der Waals surface area contributed by atoms with E-state index >= 15 is 0 Å². The van der Waals surface area contributed by atoms with Crippen LogP contribution in [0, 0.1) is 0 Å². The summed E-state index contributed by atoms with van der Waals surface area (Å²) in [5.41, 5.74) is -0.460. The summed E-state index contributed by atoms with van der Waals surface area (Å²) in [5, 5.41) is 10.5. The molecule has 2 heterocycles. The minimum Gasteiger partial charge on any atom is -0.478 e. The summed E-state index contributed by atoms with van der Waals surface area (Å²) in [6.45, 7) is 0. The zero-order valence-electron chi connectivity index (χ0n) is 13.0. The minimum absolute atomic E-state index is 0.0304. The third kappa shape index (κ3) is 2.80. The lowest BCUT2D eigenvalue weighted by molar-refractivity contribution is -0.137. The first kappa shape index (κ1) is 16.5. The molecule has 0 unspecified atom stereocenters. The molecule has 0 fully saturated rings. The Balaban J connectivity index is 1.96. The minimum atomic E-state index is -4.55. The predicted octanol–water partition coefficient (Wildman–Crippen LogP) is 5.83. The number of carbonyl (C=O) groups is 1. The van der Waals surface area contributed by atoms with E-state index < -0.39 is 17.7 Å². The molecular formula is C19H10F3NO2S. The van der Waals surface area contributed by atoms with Crippen molar-refractivity contribution in [3.63, 3.8) is 0 Å². The number of rotatable bonds is 2. The predicted molar refractivity (Wildman–Crippen MR) is 94.5 cm³/mol. The van der Waals surface area contributed by atoms with Crippen LogP contribution in [0.25, 0.3) is 31.6 Å². The highest BCUT2D eigenvalue weighted by molar-refractivity contribution is 7.22. The molecule has 7 heteroatoms. The Hall–Kier alpha value is -2.93. The summed E-state index contributed by atoms with van der Waals surface area (Å²) >= 11 is 1.45. The highest BCUT2D eigenvalue weighted by Crippen LogP contribution is 2.36. The molecule has 26 heavy (non-hydrogen) atoms. The molecule has 0 spiro atoms. The number of thiophene rings is 1. The number of nitrogens with zero attached hydrogens (tertiary/aromatic N) is 1. The molecule has 130 valence electrons. The Kier molecular flexibility index (Phi) is 3.69. The first-order valence-electron chi connectivity index (χ1n) is 7.57. The molecule has 0 amide bonds. The second kappa shape index (κ2) is 5.81. The van der Waals surface area contributed by atoms with Crippen LogP contribution in [-0.4, -0.2) is 16.1 Å². The van der Waals surface area contributed by atoms with E-state index in [1.165, 1.54) is 23.5 Å². The van der Waals surface area contributed by atoms with E-state index in [2.05, 4.69) is 4.98 Å². The molecule has 2 aromatic heterocycles. The monoisotopic (exact) mass is 373 g/mol. The van der Waals surface area contributed by atoms with Crippen molar-refractivity contribution in [3.05, 3.63) is 65.7 Å². The number of hydrogen-bond donors (Lipinski definition) is 1. The molecular weight excluding hydrogens is 363 g/mol. The van der Waals surface area contributed by atoms with E-state index in [-0.39, 0.29) is 16.5 Å². The van der Waals surface area contributed by atoms with Crippen LogP contribution < -0.4 is 0 Å². The van der Waals surface area contributed by atoms with Gasteiger partial charge >= 0.3 is 12.1 Å². The molecule has 0 saturated carbocycles. The van der Waals surface area contributed by atoms with E-state index in [1.54, 1.807) is 0 Å². The van der Waals surface area contributed by atoms with E-state index in [1.807, 2.05) is 30.3 Å². The molecule has 4 rings (SSSR count). The third-order valence-corrected chi connectivity index (χ3v) is 5.18. The van der Waals surface area contributed by atoms with Crippen molar-refractivity contribution >= 4 is 38.3 Å². The van der Waals surface area contributed by atoms with E-state index in [4.69, 9.17) is 0 Å². The summed E-state index contributed by atoms with van der Waals surface area (Å²) in [7, 11) is 0. The summed E-state index contributed by atoms with van der Waals surface area (Å²) in [5.74, 6) is -1.29. The first-order valence-corrected chi connectivity index (χ1v) is 8.39. The van der Waals surface area contributed by atoms with Crippen LogP contribution >= 0.6 is 11.3 Å². The van der Waals surface area contributed by atoms with Crippen LogP contribution in [0.15, 0.2) is 54.6 Å². The van der Waals surface area contributed by atoms with Crippen LogP contribution in [0.1, 0.15) is 15.9 Å². The first-order chi connectivity index (χ1) is 12.3. The Morgan fingerprint density at radius 2 is 1.81 bits per heavy atom. The molecule has 1 N–H and O–H groups in total. The molecule has 0 aliphatic rings. The average molecular weight is 373 g/mol. The van der Waals surface area contributed by atoms with Crippen molar-refractivity contribution in [2.75, 3.05) is 0 Å². The summed E-state index contributed by atoms with van der Waals surface area (Å²) in [6, 6.07) is 13.9. The van der Waals surface area contributed by atoms with Gasteiger partial charge in [0.05, 0.1) is 27.2 Å². The van der Waals surface area contributed by atoms with Crippen molar-refractivity contribution in [1.29, 1.82) is 0 Å². The maximum Gasteiger partial charge on any atom is 0.416 e. The van der Waals surface area contributed by atoms with Gasteiger partial charge in [-0.1, -0.05) is 18.2 Å². The molecule has 0 aliphatic heterocycles. The van der Waals surface area contributed by atoms with Crippen LogP contribution in [0.5, 0.6) is 0 Å². The lowest BCUT2D eigenvalue weighted by Gasteiger charge is -2.10. The van der Waals surface area contributed by atoms with Crippen molar-refractivity contribution in [2.45, 2.75) is 6.18 Å². The molecule has 0 saturated heterocycles. The zero-order chi connectivity index (χ0) is 18.5. The van der Waals surface area contributed by atoms with E-state index in [9.17, 15) is 23.1 Å². The van der Waals surface area contributed by atoms with Gasteiger partial charge in [-0.05, 0) is 41.8 Å². The Labute approximate surface area is 149 Å². The van der Waals surface area contributed by atoms with Crippen LogP contribution in [0.2, 0.25) is 0 Å². The standard InChI is InChI=1S/C19H10F3NO2S/c20-19(21,22)11-5-6-14-12(8-11)13(18(24)25)9-15(23-14)17-7-10-3-1-2-4-16(10)26-17/h1-9H,(H,24,25). The normalized spacial score (nSPS) is 12.0. The number of alkyl halides is 3. The number of benzene rings is 2. The maximum absolute atomic E-state index is 12.9. The highest BCUT2D eigenvalue weighted by atomic mass is 32.1. The van der Waals surface area contributed by atoms with Gasteiger partial charge in [0.1, 0.15) is 0 Å². The molecule has 3 nitrogen and oxygen atoms in total. The second-order valence-corrected chi connectivity index (χ2v) is 6.82. The van der Waals surface area contributed by atoms with Crippen molar-refractivity contribution in [2.24, 2.45) is 0 Å². The Morgan fingerprint density at radius 1 is 1.04 bits per heavy atom.